The number of likely N-dealkylation sites (N-methyl/N-ethyl adjacent to an activating group) is 1. The minimum Gasteiger partial charge on any atom is -0.493 e. The van der Waals surface area contributed by atoms with Crippen molar-refractivity contribution in [2.75, 3.05) is 20.2 Å². The molecule has 3 atom stereocenters. The molecule has 2 unspecified atom stereocenters. The lowest BCUT2D eigenvalue weighted by Gasteiger charge is -2.58. The molecule has 23 heavy (non-hydrogen) atoms. The van der Waals surface area contributed by atoms with Gasteiger partial charge in [0.05, 0.1) is 6.61 Å². The van der Waals surface area contributed by atoms with Crippen LogP contribution in [0, 0.1) is 11.8 Å². The first-order valence-electron chi connectivity index (χ1n) is 9.73. The van der Waals surface area contributed by atoms with Gasteiger partial charge in [-0.15, -0.1) is 0 Å². The lowest BCUT2D eigenvalue weighted by molar-refractivity contribution is 0.00270. The van der Waals surface area contributed by atoms with Gasteiger partial charge in [-0.1, -0.05) is 18.9 Å². The molecule has 0 spiro atoms. The smallest absolute Gasteiger partial charge is 0.119 e. The van der Waals surface area contributed by atoms with Crippen molar-refractivity contribution in [2.24, 2.45) is 11.8 Å². The van der Waals surface area contributed by atoms with E-state index in [2.05, 4.69) is 30.1 Å². The van der Waals surface area contributed by atoms with Gasteiger partial charge in [0.2, 0.25) is 0 Å². The van der Waals surface area contributed by atoms with Gasteiger partial charge in [-0.3, -0.25) is 0 Å². The van der Waals surface area contributed by atoms with E-state index in [1.165, 1.54) is 57.9 Å². The Morgan fingerprint density at radius 3 is 2.96 bits per heavy atom. The Morgan fingerprint density at radius 2 is 2.09 bits per heavy atom. The summed E-state index contributed by atoms with van der Waals surface area (Å²) in [4.78, 5) is 2.65. The van der Waals surface area contributed by atoms with Crippen molar-refractivity contribution in [3.63, 3.8) is 0 Å². The first-order valence-corrected chi connectivity index (χ1v) is 9.73. The molecule has 0 amide bonds. The first-order chi connectivity index (χ1) is 11.3. The second-order valence-corrected chi connectivity index (χ2v) is 8.58. The van der Waals surface area contributed by atoms with E-state index in [4.69, 9.17) is 4.74 Å². The summed E-state index contributed by atoms with van der Waals surface area (Å²) in [6.07, 6.45) is 11.0. The van der Waals surface area contributed by atoms with Crippen molar-refractivity contribution in [3.05, 3.63) is 29.3 Å². The van der Waals surface area contributed by atoms with Crippen LogP contribution in [0.1, 0.15) is 56.1 Å². The highest BCUT2D eigenvalue weighted by atomic mass is 16.5. The standard InChI is InChI=1S/C21H29NO/c1-22-11-10-21-9-3-2-4-18(21)20(22)12-16-7-8-17(13-19(16)21)23-14-15-5-6-15/h7-8,13,15,18,20H,2-6,9-12,14H2,1H3/t18?,20?,21-/m1/s1. The quantitative estimate of drug-likeness (QED) is 0.831. The van der Waals surface area contributed by atoms with Gasteiger partial charge in [-0.2, -0.15) is 0 Å². The van der Waals surface area contributed by atoms with Crippen LogP contribution in [0.3, 0.4) is 0 Å². The van der Waals surface area contributed by atoms with Gasteiger partial charge in [-0.25, -0.2) is 0 Å². The summed E-state index contributed by atoms with van der Waals surface area (Å²) < 4.78 is 6.12. The minimum atomic E-state index is 0.460. The van der Waals surface area contributed by atoms with Crippen molar-refractivity contribution in [2.45, 2.75) is 62.8 Å². The van der Waals surface area contributed by atoms with E-state index < -0.39 is 0 Å². The monoisotopic (exact) mass is 311 g/mol. The molecule has 1 aliphatic heterocycles. The molecule has 0 aromatic heterocycles. The number of likely N-dealkylation sites (tertiary alicyclic amines) is 1. The van der Waals surface area contributed by atoms with Crippen molar-refractivity contribution in [1.29, 1.82) is 0 Å². The molecule has 2 bridgehead atoms. The molecule has 2 saturated carbocycles. The summed E-state index contributed by atoms with van der Waals surface area (Å²) in [5, 5.41) is 0. The van der Waals surface area contributed by atoms with Crippen molar-refractivity contribution < 1.29 is 4.74 Å². The fourth-order valence-electron chi connectivity index (χ4n) is 5.76. The molecule has 3 fully saturated rings. The molecule has 5 rings (SSSR count). The summed E-state index contributed by atoms with van der Waals surface area (Å²) in [6, 6.07) is 7.83. The number of hydrogen-bond donors (Lipinski definition) is 0. The minimum absolute atomic E-state index is 0.460. The molecule has 2 heteroatoms. The summed E-state index contributed by atoms with van der Waals surface area (Å²) >= 11 is 0. The second-order valence-electron chi connectivity index (χ2n) is 8.58. The normalized spacial score (nSPS) is 36.2. The van der Waals surface area contributed by atoms with Crippen LogP contribution in [-0.2, 0) is 11.8 Å². The molecule has 1 aromatic carbocycles. The zero-order chi connectivity index (χ0) is 15.4. The molecular formula is C21H29NO. The number of hydrogen-bond acceptors (Lipinski definition) is 2. The Hall–Kier alpha value is -1.02. The molecular weight excluding hydrogens is 282 g/mol. The molecule has 4 aliphatic rings. The van der Waals surface area contributed by atoms with E-state index in [9.17, 15) is 0 Å². The number of rotatable bonds is 3. The summed E-state index contributed by atoms with van der Waals surface area (Å²) in [5.74, 6) is 2.84. The van der Waals surface area contributed by atoms with Gasteiger partial charge in [0.1, 0.15) is 5.75 Å². The molecule has 0 radical (unpaired) electrons. The van der Waals surface area contributed by atoms with Gasteiger partial charge in [0.15, 0.2) is 0 Å². The summed E-state index contributed by atoms with van der Waals surface area (Å²) in [7, 11) is 2.35. The van der Waals surface area contributed by atoms with Crippen LogP contribution in [0.25, 0.3) is 0 Å². The molecule has 2 nitrogen and oxygen atoms in total. The highest BCUT2D eigenvalue weighted by molar-refractivity contribution is 5.45. The van der Waals surface area contributed by atoms with Crippen LogP contribution in [0.2, 0.25) is 0 Å². The Labute approximate surface area is 140 Å². The van der Waals surface area contributed by atoms with Crippen LogP contribution in [-0.4, -0.2) is 31.1 Å². The van der Waals surface area contributed by atoms with Crippen molar-refractivity contribution >= 4 is 0 Å². The molecule has 0 N–H and O–H groups in total. The largest absolute Gasteiger partial charge is 0.493 e. The maximum atomic E-state index is 6.12. The van der Waals surface area contributed by atoms with Gasteiger partial charge in [-0.05, 0) is 87.2 Å². The third-order valence-electron chi connectivity index (χ3n) is 7.27. The average molecular weight is 311 g/mol. The number of fused-ring (bicyclic) bond motifs is 1. The summed E-state index contributed by atoms with van der Waals surface area (Å²) in [6.45, 7) is 2.20. The molecule has 124 valence electrons. The highest BCUT2D eigenvalue weighted by Gasteiger charge is 2.53. The SMILES string of the molecule is CN1CC[C@]23CCCCC2C1Cc1ccc(OCC2CC2)cc13. The number of ether oxygens (including phenoxy) is 1. The topological polar surface area (TPSA) is 12.5 Å². The lowest BCUT2D eigenvalue weighted by Crippen LogP contribution is -2.59. The molecule has 1 heterocycles. The van der Waals surface area contributed by atoms with Gasteiger partial charge >= 0.3 is 0 Å². The second kappa shape index (κ2) is 5.24. The maximum Gasteiger partial charge on any atom is 0.119 e. The number of benzene rings is 1. The van der Waals surface area contributed by atoms with Gasteiger partial charge in [0.25, 0.3) is 0 Å². The van der Waals surface area contributed by atoms with E-state index in [0.717, 1.165) is 30.2 Å². The summed E-state index contributed by atoms with van der Waals surface area (Å²) in [5.41, 5.74) is 3.74. The Kier molecular flexibility index (Phi) is 3.27. The fourth-order valence-corrected chi connectivity index (χ4v) is 5.76. The van der Waals surface area contributed by atoms with E-state index in [1.54, 1.807) is 11.1 Å². The fraction of sp³-hybridized carbons (Fsp3) is 0.714. The predicted octanol–water partition coefficient (Wildman–Crippen LogP) is 4.16. The molecule has 1 aromatic rings. The van der Waals surface area contributed by atoms with Crippen LogP contribution in [0.15, 0.2) is 18.2 Å². The van der Waals surface area contributed by atoms with E-state index in [-0.39, 0.29) is 0 Å². The maximum absolute atomic E-state index is 6.12. The van der Waals surface area contributed by atoms with E-state index in [1.807, 2.05) is 0 Å². The third kappa shape index (κ3) is 2.25. The van der Waals surface area contributed by atoms with Crippen molar-refractivity contribution in [1.82, 2.24) is 4.90 Å². The van der Waals surface area contributed by atoms with Crippen molar-refractivity contribution in [3.8, 4) is 5.75 Å². The zero-order valence-corrected chi connectivity index (χ0v) is 14.4. The Morgan fingerprint density at radius 1 is 1.17 bits per heavy atom. The average Bonchev–Trinajstić information content (AvgIpc) is 3.41. The Balaban J connectivity index is 1.53. The third-order valence-corrected chi connectivity index (χ3v) is 7.27. The molecule has 1 saturated heterocycles. The van der Waals surface area contributed by atoms with Crippen LogP contribution in [0.5, 0.6) is 5.75 Å². The van der Waals surface area contributed by atoms with Crippen LogP contribution in [0.4, 0.5) is 0 Å². The molecule has 3 aliphatic carbocycles. The number of piperidine rings is 1. The zero-order valence-electron chi connectivity index (χ0n) is 14.4. The number of nitrogens with zero attached hydrogens (tertiary/aromatic N) is 1. The predicted molar refractivity (Wildman–Crippen MR) is 93.0 cm³/mol. The highest BCUT2D eigenvalue weighted by Crippen LogP contribution is 2.55. The van der Waals surface area contributed by atoms with Crippen LogP contribution >= 0.6 is 0 Å². The van der Waals surface area contributed by atoms with Crippen LogP contribution < -0.4 is 4.74 Å². The first kappa shape index (κ1) is 14.3. The lowest BCUT2D eigenvalue weighted by atomic mass is 9.52. The van der Waals surface area contributed by atoms with E-state index in [0.29, 0.717) is 5.41 Å². The van der Waals surface area contributed by atoms with Gasteiger partial charge in [0, 0.05) is 11.5 Å². The van der Waals surface area contributed by atoms with E-state index >= 15 is 0 Å². The van der Waals surface area contributed by atoms with Gasteiger partial charge < -0.3 is 9.64 Å². The Bertz CT molecular complexity index is 608.